The van der Waals surface area contributed by atoms with E-state index >= 15 is 0 Å². The molecule has 4 atom stereocenters. The molecule has 13 heteroatoms. The molecule has 0 heterocycles. The first-order valence-corrected chi connectivity index (χ1v) is 14.5. The second-order valence-corrected chi connectivity index (χ2v) is 9.52. The van der Waals surface area contributed by atoms with Crippen molar-refractivity contribution < 1.29 is 54.2 Å². The number of aromatic carboxylic acids is 1. The maximum absolute atomic E-state index is 12.1. The van der Waals surface area contributed by atoms with Crippen molar-refractivity contribution in [3.8, 4) is 47.4 Å². The van der Waals surface area contributed by atoms with Crippen LogP contribution in [0.2, 0.25) is 0 Å². The number of ether oxygens (including phenoxy) is 2. The molecule has 49 heavy (non-hydrogen) atoms. The van der Waals surface area contributed by atoms with E-state index in [1.807, 2.05) is 0 Å². The Balaban J connectivity index is 0.000000790. The van der Waals surface area contributed by atoms with E-state index in [0.717, 1.165) is 0 Å². The highest BCUT2D eigenvalue weighted by atomic mass is 16.5. The van der Waals surface area contributed by atoms with Gasteiger partial charge in [0.05, 0.1) is 45.2 Å². The molecule has 0 aliphatic rings. The molecule has 0 unspecified atom stereocenters. The average Bonchev–Trinajstić information content (AvgIpc) is 3.10. The summed E-state index contributed by atoms with van der Waals surface area (Å²) in [5.41, 5.74) is 7.08. The van der Waals surface area contributed by atoms with E-state index in [2.05, 4.69) is 62.2 Å². The molecule has 0 aliphatic heterocycles. The van der Waals surface area contributed by atoms with Gasteiger partial charge in [-0.3, -0.25) is 9.59 Å². The lowest BCUT2D eigenvalue weighted by atomic mass is 10.1. The zero-order valence-corrected chi connectivity index (χ0v) is 27.5. The van der Waals surface area contributed by atoms with Crippen LogP contribution in [0.4, 0.5) is 0 Å². The van der Waals surface area contributed by atoms with Crippen LogP contribution in [-0.4, -0.2) is 101 Å². The van der Waals surface area contributed by atoms with Gasteiger partial charge in [0, 0.05) is 29.5 Å². The number of hydrogen-bond acceptors (Lipinski definition) is 11. The number of aliphatic hydroxyl groups is 4. The summed E-state index contributed by atoms with van der Waals surface area (Å²) >= 11 is 0. The molecular weight excluding hydrogens is 636 g/mol. The molecule has 8 N–H and O–H groups in total. The Labute approximate surface area is 285 Å². The molecule has 0 radical (unpaired) electrons. The molecule has 260 valence electrons. The number of hydrogen-bond donors (Lipinski definition) is 7. The van der Waals surface area contributed by atoms with Crippen molar-refractivity contribution in [3.63, 3.8) is 0 Å². The standard InChI is InChI=1S/C18H19NO5.C13H10O3.C5H11NO3/c1-13(21)16(18(23)24-2)19-17(22)15-10-8-14(9-11-15)7-5-3-4-6-12-20;14-10-4-2-1-3-5-11-6-8-12(9-7-11)13(15)16;1-3(7)4(6)5(8)9-2/h8-11,13,16,20-21H,6,12H2,1-2H3,(H,19,22);6-9,14H,4,10H2,(H,15,16);3-4,7H,6H2,1-2H3/t13-,16+;;3-,4+/m1.1/s1. The number of methoxy groups -OCH3 is 2. The van der Waals surface area contributed by atoms with Gasteiger partial charge in [0.1, 0.15) is 6.04 Å². The number of benzene rings is 2. The smallest absolute Gasteiger partial charge is 0.335 e. The van der Waals surface area contributed by atoms with E-state index in [9.17, 15) is 24.3 Å². The Bertz CT molecular complexity index is 1600. The van der Waals surface area contributed by atoms with Crippen molar-refractivity contribution in [3.05, 3.63) is 70.8 Å². The molecule has 0 fully saturated rings. The van der Waals surface area contributed by atoms with Gasteiger partial charge in [-0.1, -0.05) is 23.7 Å². The molecule has 2 rings (SSSR count). The van der Waals surface area contributed by atoms with Gasteiger partial charge in [0.25, 0.3) is 5.91 Å². The Morgan fingerprint density at radius 1 is 0.714 bits per heavy atom. The Hall–Kier alpha value is -5.64. The van der Waals surface area contributed by atoms with Gasteiger partial charge in [-0.2, -0.15) is 0 Å². The SMILES string of the molecule is COC(=O)[C@@H](N)[C@@H](C)O.COC(=O)[C@@H](NC(=O)c1ccc(C#CC#CCCO)cc1)[C@@H](C)O.O=C(O)c1ccc(C#CC#CCCO)cc1. The zero-order valence-electron chi connectivity index (χ0n) is 27.5. The largest absolute Gasteiger partial charge is 0.478 e. The summed E-state index contributed by atoms with van der Waals surface area (Å²) in [4.78, 5) is 44.6. The van der Waals surface area contributed by atoms with E-state index in [4.69, 9.17) is 26.2 Å². The van der Waals surface area contributed by atoms with Gasteiger partial charge < -0.3 is 46.1 Å². The second-order valence-electron chi connectivity index (χ2n) is 9.52. The Kier molecular flexibility index (Phi) is 22.5. The molecule has 13 nitrogen and oxygen atoms in total. The molecule has 0 aliphatic carbocycles. The fourth-order valence-corrected chi connectivity index (χ4v) is 2.99. The highest BCUT2D eigenvalue weighted by Gasteiger charge is 2.26. The lowest BCUT2D eigenvalue weighted by Crippen LogP contribution is -2.48. The number of nitrogens with one attached hydrogen (secondary N) is 1. The summed E-state index contributed by atoms with van der Waals surface area (Å²) < 4.78 is 8.79. The van der Waals surface area contributed by atoms with E-state index in [1.54, 1.807) is 36.4 Å². The van der Waals surface area contributed by atoms with Crippen molar-refractivity contribution >= 4 is 23.8 Å². The summed E-state index contributed by atoms with van der Waals surface area (Å²) in [7, 11) is 2.41. The second kappa shape index (κ2) is 25.4. The third-order valence-corrected chi connectivity index (χ3v) is 5.69. The molecule has 0 aromatic heterocycles. The van der Waals surface area contributed by atoms with E-state index in [1.165, 1.54) is 40.2 Å². The first-order valence-electron chi connectivity index (χ1n) is 14.5. The van der Waals surface area contributed by atoms with E-state index in [0.29, 0.717) is 29.5 Å². The van der Waals surface area contributed by atoms with Crippen molar-refractivity contribution in [2.75, 3.05) is 27.4 Å². The zero-order chi connectivity index (χ0) is 37.2. The van der Waals surface area contributed by atoms with Gasteiger partial charge in [0.2, 0.25) is 0 Å². The summed E-state index contributed by atoms with van der Waals surface area (Å²) in [6, 6.07) is 10.6. The number of amides is 1. The minimum absolute atomic E-state index is 0.00247. The topological polar surface area (TPSA) is 226 Å². The van der Waals surface area contributed by atoms with Crippen LogP contribution in [-0.2, 0) is 19.1 Å². The van der Waals surface area contributed by atoms with Crippen molar-refractivity contribution in [1.82, 2.24) is 5.32 Å². The van der Waals surface area contributed by atoms with Crippen LogP contribution in [0.15, 0.2) is 48.5 Å². The summed E-state index contributed by atoms with van der Waals surface area (Å²) in [6.45, 7) is 2.85. The number of carbonyl (C=O) groups is 4. The first kappa shape index (κ1) is 43.4. The van der Waals surface area contributed by atoms with E-state index in [-0.39, 0.29) is 18.8 Å². The van der Waals surface area contributed by atoms with Crippen LogP contribution in [0.5, 0.6) is 0 Å². The van der Waals surface area contributed by atoms with Crippen LogP contribution in [0.25, 0.3) is 0 Å². The molecule has 0 saturated heterocycles. The number of esters is 2. The molecular formula is C36H40N2O11. The van der Waals surface area contributed by atoms with Crippen LogP contribution in [0.1, 0.15) is 58.5 Å². The highest BCUT2D eigenvalue weighted by molar-refractivity contribution is 5.97. The number of aliphatic hydroxyl groups excluding tert-OH is 4. The minimum Gasteiger partial charge on any atom is -0.478 e. The van der Waals surface area contributed by atoms with Crippen LogP contribution >= 0.6 is 0 Å². The van der Waals surface area contributed by atoms with Gasteiger partial charge in [-0.15, -0.1) is 0 Å². The number of nitrogens with two attached hydrogens (primary N) is 1. The predicted octanol–water partition coefficient (Wildman–Crippen LogP) is 0.0657. The molecule has 1 amide bonds. The molecule has 2 aromatic carbocycles. The van der Waals surface area contributed by atoms with Crippen LogP contribution in [0.3, 0.4) is 0 Å². The fourth-order valence-electron chi connectivity index (χ4n) is 2.99. The van der Waals surface area contributed by atoms with Gasteiger partial charge in [-0.25, -0.2) is 9.59 Å². The Morgan fingerprint density at radius 2 is 1.14 bits per heavy atom. The molecule has 0 spiro atoms. The molecule has 2 aromatic rings. The van der Waals surface area contributed by atoms with Gasteiger partial charge in [0.15, 0.2) is 6.04 Å². The normalized spacial score (nSPS) is 11.5. The first-order chi connectivity index (χ1) is 23.3. The van der Waals surface area contributed by atoms with Crippen molar-refractivity contribution in [2.45, 2.75) is 51.0 Å². The summed E-state index contributed by atoms with van der Waals surface area (Å²) in [6.07, 6.45) is -1.15. The number of carboxylic acids is 1. The number of carboxylic acid groups (broad SMARTS) is 1. The van der Waals surface area contributed by atoms with Crippen LogP contribution in [0, 0.1) is 47.4 Å². The lowest BCUT2D eigenvalue weighted by molar-refractivity contribution is -0.146. The molecule has 0 bridgehead atoms. The van der Waals surface area contributed by atoms with Gasteiger partial charge in [-0.05, 0) is 86.1 Å². The van der Waals surface area contributed by atoms with Crippen molar-refractivity contribution in [2.24, 2.45) is 5.73 Å². The lowest BCUT2D eigenvalue weighted by Gasteiger charge is -2.18. The third-order valence-electron chi connectivity index (χ3n) is 5.69. The van der Waals surface area contributed by atoms with Crippen LogP contribution < -0.4 is 11.1 Å². The average molecular weight is 677 g/mol. The monoisotopic (exact) mass is 676 g/mol. The summed E-state index contributed by atoms with van der Waals surface area (Å²) in [5, 5.41) is 46.4. The Morgan fingerprint density at radius 3 is 1.47 bits per heavy atom. The van der Waals surface area contributed by atoms with Crippen molar-refractivity contribution in [1.29, 1.82) is 0 Å². The fraction of sp³-hybridized carbons (Fsp3) is 0.333. The minimum atomic E-state index is -1.14. The number of rotatable bonds is 9. The summed E-state index contributed by atoms with van der Waals surface area (Å²) in [5.74, 6) is 18.6. The quantitative estimate of drug-likeness (QED) is 0.138. The highest BCUT2D eigenvalue weighted by Crippen LogP contribution is 2.06. The maximum Gasteiger partial charge on any atom is 0.335 e. The number of carbonyl (C=O) groups excluding carboxylic acids is 3. The van der Waals surface area contributed by atoms with Gasteiger partial charge >= 0.3 is 17.9 Å². The maximum atomic E-state index is 12.1. The third kappa shape index (κ3) is 18.9. The predicted molar refractivity (Wildman–Crippen MR) is 179 cm³/mol. The van der Waals surface area contributed by atoms with E-state index < -0.39 is 48.1 Å². The molecule has 0 saturated carbocycles.